The fourth-order valence-corrected chi connectivity index (χ4v) is 1.02. The highest BCUT2D eigenvalue weighted by Crippen LogP contribution is 2.08. The van der Waals surface area contributed by atoms with Crippen molar-refractivity contribution in [2.75, 3.05) is 17.6 Å². The minimum Gasteiger partial charge on any atom is -0.384 e. The van der Waals surface area contributed by atoms with E-state index in [1.54, 1.807) is 6.07 Å². The van der Waals surface area contributed by atoms with Gasteiger partial charge in [0.25, 0.3) is 0 Å². The normalized spacial score (nSPS) is 10.0. The Morgan fingerprint density at radius 3 is 2.77 bits per heavy atom. The highest BCUT2D eigenvalue weighted by atomic mass is 15.0. The predicted octanol–water partition coefficient (Wildman–Crippen LogP) is 1.44. The summed E-state index contributed by atoms with van der Waals surface area (Å²) in [4.78, 5) is 8.37. The van der Waals surface area contributed by atoms with Crippen LogP contribution in [0.2, 0.25) is 0 Å². The molecular formula is C9H16N4. The lowest BCUT2D eigenvalue weighted by Gasteiger charge is -2.05. The Labute approximate surface area is 78.6 Å². The van der Waals surface area contributed by atoms with Crippen LogP contribution in [-0.4, -0.2) is 16.5 Å². The van der Waals surface area contributed by atoms with Crippen LogP contribution in [-0.2, 0) is 6.42 Å². The first-order valence-corrected chi connectivity index (χ1v) is 4.63. The van der Waals surface area contributed by atoms with Gasteiger partial charge in [0.15, 0.2) is 0 Å². The van der Waals surface area contributed by atoms with E-state index < -0.39 is 0 Å². The first-order valence-electron chi connectivity index (χ1n) is 4.63. The number of nitrogen functional groups attached to an aromatic ring is 1. The van der Waals surface area contributed by atoms with Crippen LogP contribution < -0.4 is 11.1 Å². The topological polar surface area (TPSA) is 63.8 Å². The summed E-state index contributed by atoms with van der Waals surface area (Å²) < 4.78 is 0. The van der Waals surface area contributed by atoms with E-state index in [9.17, 15) is 0 Å². The zero-order valence-electron chi connectivity index (χ0n) is 8.17. The second kappa shape index (κ2) is 4.64. The van der Waals surface area contributed by atoms with Crippen LogP contribution in [0.15, 0.2) is 6.07 Å². The van der Waals surface area contributed by atoms with Crippen molar-refractivity contribution in [2.24, 2.45) is 0 Å². The van der Waals surface area contributed by atoms with Crippen molar-refractivity contribution >= 4 is 11.6 Å². The van der Waals surface area contributed by atoms with Crippen molar-refractivity contribution in [3.05, 3.63) is 11.9 Å². The molecule has 1 aromatic rings. The number of anilines is 2. The van der Waals surface area contributed by atoms with Gasteiger partial charge >= 0.3 is 0 Å². The molecule has 0 spiro atoms. The van der Waals surface area contributed by atoms with Crippen molar-refractivity contribution in [1.82, 2.24) is 9.97 Å². The number of nitrogens with one attached hydrogen (secondary N) is 1. The second-order valence-electron chi connectivity index (χ2n) is 2.87. The number of hydrogen-bond donors (Lipinski definition) is 2. The molecule has 0 aliphatic rings. The summed E-state index contributed by atoms with van der Waals surface area (Å²) in [5.41, 5.74) is 5.62. The van der Waals surface area contributed by atoms with Gasteiger partial charge in [0.05, 0.1) is 0 Å². The third kappa shape index (κ3) is 2.89. The molecule has 0 saturated carbocycles. The summed E-state index contributed by atoms with van der Waals surface area (Å²) in [5, 5.41) is 3.18. The molecular weight excluding hydrogens is 164 g/mol. The maximum atomic E-state index is 5.62. The van der Waals surface area contributed by atoms with Crippen LogP contribution in [0.3, 0.4) is 0 Å². The molecule has 0 amide bonds. The molecule has 0 atom stereocenters. The molecule has 1 heterocycles. The van der Waals surface area contributed by atoms with Crippen LogP contribution in [0.1, 0.15) is 26.1 Å². The van der Waals surface area contributed by atoms with Crippen molar-refractivity contribution in [3.63, 3.8) is 0 Å². The van der Waals surface area contributed by atoms with Crippen molar-refractivity contribution in [2.45, 2.75) is 26.7 Å². The highest BCUT2D eigenvalue weighted by molar-refractivity contribution is 5.44. The largest absolute Gasteiger partial charge is 0.384 e. The zero-order chi connectivity index (χ0) is 9.68. The monoisotopic (exact) mass is 180 g/mol. The lowest BCUT2D eigenvalue weighted by molar-refractivity contribution is 0.921. The van der Waals surface area contributed by atoms with E-state index in [2.05, 4.69) is 22.2 Å². The fourth-order valence-electron chi connectivity index (χ4n) is 1.02. The van der Waals surface area contributed by atoms with Crippen molar-refractivity contribution < 1.29 is 0 Å². The van der Waals surface area contributed by atoms with Crippen molar-refractivity contribution in [3.8, 4) is 0 Å². The van der Waals surface area contributed by atoms with E-state index in [1.807, 2.05) is 6.92 Å². The molecule has 0 aliphatic heterocycles. The number of aromatic nitrogens is 2. The summed E-state index contributed by atoms with van der Waals surface area (Å²) >= 11 is 0. The molecule has 0 radical (unpaired) electrons. The molecule has 72 valence electrons. The molecule has 1 rings (SSSR count). The van der Waals surface area contributed by atoms with Gasteiger partial charge in [-0.2, -0.15) is 0 Å². The Bertz CT molecular complexity index is 272. The minimum atomic E-state index is 0.533. The number of nitrogens with zero attached hydrogens (tertiary/aromatic N) is 2. The summed E-state index contributed by atoms with van der Waals surface area (Å²) in [6, 6.07) is 1.76. The summed E-state index contributed by atoms with van der Waals surface area (Å²) in [6.45, 7) is 5.04. The van der Waals surface area contributed by atoms with E-state index in [4.69, 9.17) is 5.73 Å². The predicted molar refractivity (Wildman–Crippen MR) is 54.6 cm³/mol. The Morgan fingerprint density at radius 2 is 2.15 bits per heavy atom. The van der Waals surface area contributed by atoms with E-state index in [-0.39, 0.29) is 0 Å². The summed E-state index contributed by atoms with van der Waals surface area (Å²) in [7, 11) is 0. The molecule has 1 aromatic heterocycles. The quantitative estimate of drug-likeness (QED) is 0.736. The van der Waals surface area contributed by atoms with Gasteiger partial charge in [-0.1, -0.05) is 13.8 Å². The minimum absolute atomic E-state index is 0.533. The zero-order valence-corrected chi connectivity index (χ0v) is 8.17. The van der Waals surface area contributed by atoms with Crippen LogP contribution in [0.25, 0.3) is 0 Å². The SMILES string of the molecule is CCCNc1cc(N)nc(CC)n1. The lowest BCUT2D eigenvalue weighted by atomic mass is 10.4. The van der Waals surface area contributed by atoms with Gasteiger partial charge in [0.1, 0.15) is 17.5 Å². The first-order chi connectivity index (χ1) is 6.26. The Morgan fingerprint density at radius 1 is 1.38 bits per heavy atom. The molecule has 0 saturated heterocycles. The van der Waals surface area contributed by atoms with Gasteiger partial charge in [-0.3, -0.25) is 0 Å². The third-order valence-corrected chi connectivity index (χ3v) is 1.66. The Kier molecular flexibility index (Phi) is 3.49. The van der Waals surface area contributed by atoms with Gasteiger partial charge in [-0.05, 0) is 6.42 Å². The van der Waals surface area contributed by atoms with Crippen LogP contribution in [0, 0.1) is 0 Å². The molecule has 0 fully saturated rings. The number of rotatable bonds is 4. The van der Waals surface area contributed by atoms with E-state index in [0.717, 1.165) is 31.0 Å². The number of aryl methyl sites for hydroxylation is 1. The first kappa shape index (κ1) is 9.77. The molecule has 0 bridgehead atoms. The maximum Gasteiger partial charge on any atom is 0.132 e. The maximum absolute atomic E-state index is 5.62. The second-order valence-corrected chi connectivity index (χ2v) is 2.87. The molecule has 0 unspecified atom stereocenters. The van der Waals surface area contributed by atoms with Gasteiger partial charge < -0.3 is 11.1 Å². The fraction of sp³-hybridized carbons (Fsp3) is 0.556. The molecule has 0 aromatic carbocycles. The van der Waals surface area contributed by atoms with Gasteiger partial charge in [0.2, 0.25) is 0 Å². The molecule has 13 heavy (non-hydrogen) atoms. The lowest BCUT2D eigenvalue weighted by Crippen LogP contribution is -2.06. The smallest absolute Gasteiger partial charge is 0.132 e. The molecule has 4 nitrogen and oxygen atoms in total. The van der Waals surface area contributed by atoms with Gasteiger partial charge in [-0.25, -0.2) is 9.97 Å². The van der Waals surface area contributed by atoms with Crippen LogP contribution in [0.4, 0.5) is 11.6 Å². The molecule has 3 N–H and O–H groups in total. The van der Waals surface area contributed by atoms with Crippen LogP contribution >= 0.6 is 0 Å². The van der Waals surface area contributed by atoms with E-state index in [0.29, 0.717) is 5.82 Å². The molecule has 4 heteroatoms. The Hall–Kier alpha value is -1.32. The van der Waals surface area contributed by atoms with Crippen LogP contribution in [0.5, 0.6) is 0 Å². The number of nitrogens with two attached hydrogens (primary N) is 1. The van der Waals surface area contributed by atoms with Crippen molar-refractivity contribution in [1.29, 1.82) is 0 Å². The van der Waals surface area contributed by atoms with E-state index in [1.165, 1.54) is 0 Å². The average Bonchev–Trinajstić information content (AvgIpc) is 2.14. The third-order valence-electron chi connectivity index (χ3n) is 1.66. The Balaban J connectivity index is 2.76. The van der Waals surface area contributed by atoms with E-state index >= 15 is 0 Å². The standard InChI is InChI=1S/C9H16N4/c1-3-5-11-9-6-7(10)12-8(4-2)13-9/h6H,3-5H2,1-2H3,(H3,10,11,12,13). The summed E-state index contributed by atoms with van der Waals surface area (Å²) in [6.07, 6.45) is 1.89. The average molecular weight is 180 g/mol. The molecule has 0 aliphatic carbocycles. The number of hydrogen-bond acceptors (Lipinski definition) is 4. The van der Waals surface area contributed by atoms with Gasteiger partial charge in [0, 0.05) is 19.0 Å². The van der Waals surface area contributed by atoms with Gasteiger partial charge in [-0.15, -0.1) is 0 Å². The highest BCUT2D eigenvalue weighted by Gasteiger charge is 1.99. The summed E-state index contributed by atoms with van der Waals surface area (Å²) in [5.74, 6) is 2.15.